The summed E-state index contributed by atoms with van der Waals surface area (Å²) in [5, 5.41) is 21.8. The smallest absolute Gasteiger partial charge is 0.200 e. The first-order chi connectivity index (χ1) is 17.2. The van der Waals surface area contributed by atoms with Gasteiger partial charge in [-0.15, -0.1) is 0 Å². The summed E-state index contributed by atoms with van der Waals surface area (Å²) in [6.45, 7) is 22.6. The Bertz CT molecular complexity index is 861. The van der Waals surface area contributed by atoms with Crippen LogP contribution in [0.4, 0.5) is 0 Å². The van der Waals surface area contributed by atoms with Gasteiger partial charge in [0, 0.05) is 5.41 Å². The topological polar surface area (TPSA) is 77.4 Å². The minimum absolute atomic E-state index is 0.00784. The Morgan fingerprint density at radius 2 is 0.730 bits per heavy atom. The number of phenols is 2. The maximum atomic E-state index is 10.9. The van der Waals surface area contributed by atoms with Gasteiger partial charge in [0.05, 0.1) is 26.4 Å². The van der Waals surface area contributed by atoms with Gasteiger partial charge in [-0.3, -0.25) is 0 Å². The van der Waals surface area contributed by atoms with Crippen molar-refractivity contribution in [3.8, 4) is 34.5 Å². The highest BCUT2D eigenvalue weighted by Gasteiger charge is 2.29. The van der Waals surface area contributed by atoms with Crippen molar-refractivity contribution in [1.82, 2.24) is 0 Å². The van der Waals surface area contributed by atoms with Crippen LogP contribution in [0.2, 0.25) is 0 Å². The molecule has 0 aliphatic rings. The number of hydrogen-bond donors (Lipinski definition) is 2. The quantitative estimate of drug-likeness (QED) is 0.270. The van der Waals surface area contributed by atoms with Crippen molar-refractivity contribution in [2.45, 2.75) is 74.7 Å². The Kier molecular flexibility index (Phi) is 10.8. The van der Waals surface area contributed by atoms with Crippen molar-refractivity contribution in [3.05, 3.63) is 35.4 Å². The maximum absolute atomic E-state index is 10.9. The standard InChI is InChI=1S/C31H48O6/c1-19(2)15-34-25-11-23(12-26(29(25)32)35-16-20(3)4)31(9,10)24-13-27(36-17-21(5)6)30(33)28(14-24)37-18-22(7)8/h11-14,19-22,32-33H,15-18H2,1-10H3. The molecule has 0 aliphatic heterocycles. The average Bonchev–Trinajstić information content (AvgIpc) is 2.80. The second-order valence-electron chi connectivity index (χ2n) is 12.1. The third kappa shape index (κ3) is 8.65. The molecule has 0 atom stereocenters. The molecule has 6 nitrogen and oxygen atoms in total. The molecule has 2 aromatic carbocycles. The van der Waals surface area contributed by atoms with Gasteiger partial charge in [0.2, 0.25) is 11.5 Å². The van der Waals surface area contributed by atoms with Crippen LogP contribution in [0.5, 0.6) is 34.5 Å². The third-order valence-electron chi connectivity index (χ3n) is 5.81. The Morgan fingerprint density at radius 3 is 0.919 bits per heavy atom. The summed E-state index contributed by atoms with van der Waals surface area (Å²) in [6.07, 6.45) is 0. The van der Waals surface area contributed by atoms with Gasteiger partial charge in [0.25, 0.3) is 0 Å². The van der Waals surface area contributed by atoms with Gasteiger partial charge < -0.3 is 29.2 Å². The van der Waals surface area contributed by atoms with Crippen LogP contribution in [0.1, 0.15) is 80.4 Å². The molecule has 0 heterocycles. The Balaban J connectivity index is 2.62. The predicted molar refractivity (Wildman–Crippen MR) is 150 cm³/mol. The second-order valence-corrected chi connectivity index (χ2v) is 12.1. The van der Waals surface area contributed by atoms with E-state index in [2.05, 4.69) is 69.2 Å². The molecular weight excluding hydrogens is 468 g/mol. The number of benzene rings is 2. The van der Waals surface area contributed by atoms with E-state index in [9.17, 15) is 10.2 Å². The van der Waals surface area contributed by atoms with E-state index in [-0.39, 0.29) is 11.5 Å². The first-order valence-corrected chi connectivity index (χ1v) is 13.5. The van der Waals surface area contributed by atoms with E-state index < -0.39 is 5.41 Å². The van der Waals surface area contributed by atoms with Crippen LogP contribution >= 0.6 is 0 Å². The largest absolute Gasteiger partial charge is 0.502 e. The highest BCUT2D eigenvalue weighted by Crippen LogP contribution is 2.46. The van der Waals surface area contributed by atoms with Gasteiger partial charge in [0.15, 0.2) is 23.0 Å². The zero-order chi connectivity index (χ0) is 27.9. The van der Waals surface area contributed by atoms with Crippen LogP contribution in [-0.2, 0) is 5.41 Å². The zero-order valence-electron chi connectivity index (χ0n) is 24.5. The van der Waals surface area contributed by atoms with Crippen LogP contribution in [-0.4, -0.2) is 36.6 Å². The third-order valence-corrected chi connectivity index (χ3v) is 5.81. The molecule has 0 radical (unpaired) electrons. The van der Waals surface area contributed by atoms with Crippen molar-refractivity contribution >= 4 is 0 Å². The molecule has 2 N–H and O–H groups in total. The van der Waals surface area contributed by atoms with E-state index in [1.807, 2.05) is 24.3 Å². The summed E-state index contributed by atoms with van der Waals surface area (Å²) in [6, 6.07) is 7.48. The molecule has 0 spiro atoms. The lowest BCUT2D eigenvalue weighted by Crippen LogP contribution is -2.20. The minimum Gasteiger partial charge on any atom is -0.502 e. The van der Waals surface area contributed by atoms with Crippen LogP contribution in [0.25, 0.3) is 0 Å². The summed E-state index contributed by atoms with van der Waals surface area (Å²) in [5.41, 5.74) is 1.25. The normalized spacial score (nSPS) is 12.1. The van der Waals surface area contributed by atoms with Crippen LogP contribution < -0.4 is 18.9 Å². The molecule has 0 bridgehead atoms. The van der Waals surface area contributed by atoms with Gasteiger partial charge >= 0.3 is 0 Å². The SMILES string of the molecule is CC(C)COc1cc(C(C)(C)c2cc(OCC(C)C)c(O)c(OCC(C)C)c2)cc(OCC(C)C)c1O. The van der Waals surface area contributed by atoms with Crippen molar-refractivity contribution in [3.63, 3.8) is 0 Å². The summed E-state index contributed by atoms with van der Waals surface area (Å²) >= 11 is 0. The first-order valence-electron chi connectivity index (χ1n) is 13.5. The first kappa shape index (κ1) is 30.5. The summed E-state index contributed by atoms with van der Waals surface area (Å²) in [7, 11) is 0. The summed E-state index contributed by atoms with van der Waals surface area (Å²) < 4.78 is 24.0. The Hall–Kier alpha value is -2.76. The van der Waals surface area contributed by atoms with Gasteiger partial charge in [-0.25, -0.2) is 0 Å². The van der Waals surface area contributed by atoms with E-state index in [0.717, 1.165) is 11.1 Å². The molecule has 0 saturated carbocycles. The van der Waals surface area contributed by atoms with Crippen molar-refractivity contribution in [2.24, 2.45) is 23.7 Å². The van der Waals surface area contributed by atoms with Crippen LogP contribution in [0.3, 0.4) is 0 Å². The fourth-order valence-electron chi connectivity index (χ4n) is 3.52. The number of rotatable bonds is 14. The predicted octanol–water partition coefficient (Wildman–Crippen LogP) is 7.56. The molecule has 2 aromatic rings. The van der Waals surface area contributed by atoms with E-state index >= 15 is 0 Å². The number of aromatic hydroxyl groups is 2. The summed E-state index contributed by atoms with van der Waals surface area (Å²) in [5.74, 6) is 2.79. The maximum Gasteiger partial charge on any atom is 0.200 e. The van der Waals surface area contributed by atoms with Gasteiger partial charge in [-0.1, -0.05) is 69.2 Å². The molecule has 6 heteroatoms. The van der Waals surface area contributed by atoms with E-state index in [0.29, 0.717) is 73.1 Å². The molecule has 208 valence electrons. The molecule has 0 fully saturated rings. The average molecular weight is 517 g/mol. The molecule has 0 saturated heterocycles. The van der Waals surface area contributed by atoms with Crippen molar-refractivity contribution in [1.29, 1.82) is 0 Å². The molecule has 0 amide bonds. The number of ether oxygens (including phenoxy) is 4. The van der Waals surface area contributed by atoms with Gasteiger partial charge in [0.1, 0.15) is 0 Å². The molecular formula is C31H48O6. The fourth-order valence-corrected chi connectivity index (χ4v) is 3.52. The highest BCUT2D eigenvalue weighted by molar-refractivity contribution is 5.59. The molecule has 2 rings (SSSR count). The lowest BCUT2D eigenvalue weighted by molar-refractivity contribution is 0.236. The monoisotopic (exact) mass is 516 g/mol. The van der Waals surface area contributed by atoms with Crippen LogP contribution in [0.15, 0.2) is 24.3 Å². The minimum atomic E-state index is -0.556. The van der Waals surface area contributed by atoms with E-state index in [4.69, 9.17) is 18.9 Å². The molecule has 37 heavy (non-hydrogen) atoms. The van der Waals surface area contributed by atoms with Crippen molar-refractivity contribution < 1.29 is 29.2 Å². The fraction of sp³-hybridized carbons (Fsp3) is 0.613. The molecule has 0 unspecified atom stereocenters. The highest BCUT2D eigenvalue weighted by atomic mass is 16.5. The lowest BCUT2D eigenvalue weighted by Gasteiger charge is -2.29. The summed E-state index contributed by atoms with van der Waals surface area (Å²) in [4.78, 5) is 0. The second kappa shape index (κ2) is 13.2. The Morgan fingerprint density at radius 1 is 0.514 bits per heavy atom. The van der Waals surface area contributed by atoms with E-state index in [1.54, 1.807) is 0 Å². The van der Waals surface area contributed by atoms with E-state index in [1.165, 1.54) is 0 Å². The molecule has 0 aromatic heterocycles. The molecule has 0 aliphatic carbocycles. The Labute approximate surface area is 223 Å². The van der Waals surface area contributed by atoms with Crippen LogP contribution in [0, 0.1) is 23.7 Å². The van der Waals surface area contributed by atoms with Gasteiger partial charge in [-0.2, -0.15) is 0 Å². The van der Waals surface area contributed by atoms with Gasteiger partial charge in [-0.05, 0) is 59.1 Å². The number of phenolic OH excluding ortho intramolecular Hbond substituents is 2. The lowest BCUT2D eigenvalue weighted by atomic mass is 9.77. The van der Waals surface area contributed by atoms with Crippen molar-refractivity contribution in [2.75, 3.05) is 26.4 Å². The zero-order valence-corrected chi connectivity index (χ0v) is 24.5. The number of hydrogen-bond acceptors (Lipinski definition) is 6.